The van der Waals surface area contributed by atoms with E-state index in [1.165, 1.54) is 4.68 Å². The molecule has 0 amide bonds. The van der Waals surface area contributed by atoms with Crippen LogP contribution in [0.3, 0.4) is 0 Å². The molecule has 0 aliphatic rings. The first-order chi connectivity index (χ1) is 9.70. The molecule has 0 radical (unpaired) electrons. The Bertz CT molecular complexity index is 765. The fourth-order valence-corrected chi connectivity index (χ4v) is 2.88. The van der Waals surface area contributed by atoms with Crippen molar-refractivity contribution in [2.24, 2.45) is 0 Å². The van der Waals surface area contributed by atoms with Gasteiger partial charge in [-0.15, -0.1) is 5.10 Å². The van der Waals surface area contributed by atoms with Crippen LogP contribution < -0.4 is 11.1 Å². The van der Waals surface area contributed by atoms with Crippen LogP contribution in [0.2, 0.25) is 0 Å². The van der Waals surface area contributed by atoms with Crippen molar-refractivity contribution >= 4 is 21.5 Å². The average molecular weight is 309 g/mol. The Labute approximate surface area is 124 Å². The maximum absolute atomic E-state index is 12.0. The molecule has 0 saturated carbocycles. The number of hydrogen-bond donors (Lipinski definition) is 2. The molecule has 2 aromatic heterocycles. The molecule has 2 rings (SSSR count). The van der Waals surface area contributed by atoms with E-state index in [9.17, 15) is 8.42 Å². The van der Waals surface area contributed by atoms with Gasteiger partial charge in [0.2, 0.25) is 0 Å². The standard InChI is InChI=1S/C13H19N5O2S/c1-8(2)16-13-11(21(4,19)20)12(14)18(17-13)10-7-9(3)5-6-15-10/h5-8H,14H2,1-4H3,(H,16,17). The first kappa shape index (κ1) is 15.3. The Morgan fingerprint density at radius 2 is 2.05 bits per heavy atom. The summed E-state index contributed by atoms with van der Waals surface area (Å²) in [6.07, 6.45) is 2.74. The Balaban J connectivity index is 2.67. The van der Waals surface area contributed by atoms with E-state index in [2.05, 4.69) is 15.4 Å². The fraction of sp³-hybridized carbons (Fsp3) is 0.385. The quantitative estimate of drug-likeness (QED) is 0.884. The Hall–Kier alpha value is -2.09. The maximum atomic E-state index is 12.0. The summed E-state index contributed by atoms with van der Waals surface area (Å²) in [6.45, 7) is 5.70. The van der Waals surface area contributed by atoms with Crippen LogP contribution in [0.25, 0.3) is 5.82 Å². The second-order valence-electron chi connectivity index (χ2n) is 5.24. The van der Waals surface area contributed by atoms with Crippen LogP contribution in [-0.2, 0) is 9.84 Å². The third kappa shape index (κ3) is 3.15. The molecule has 0 atom stereocenters. The van der Waals surface area contributed by atoms with Crippen molar-refractivity contribution in [1.82, 2.24) is 14.8 Å². The van der Waals surface area contributed by atoms with Crippen molar-refractivity contribution in [3.05, 3.63) is 23.9 Å². The van der Waals surface area contributed by atoms with Gasteiger partial charge < -0.3 is 11.1 Å². The van der Waals surface area contributed by atoms with Gasteiger partial charge >= 0.3 is 0 Å². The second kappa shape index (κ2) is 5.36. The number of anilines is 2. The third-order valence-corrected chi connectivity index (χ3v) is 3.93. The molecule has 2 heterocycles. The summed E-state index contributed by atoms with van der Waals surface area (Å²) in [5, 5.41) is 7.27. The fourth-order valence-electron chi connectivity index (χ4n) is 1.96. The number of pyridine rings is 1. The van der Waals surface area contributed by atoms with Crippen molar-refractivity contribution in [2.45, 2.75) is 31.7 Å². The molecule has 0 unspecified atom stereocenters. The van der Waals surface area contributed by atoms with Gasteiger partial charge in [0.15, 0.2) is 26.4 Å². The summed E-state index contributed by atoms with van der Waals surface area (Å²) in [7, 11) is -3.51. The second-order valence-corrected chi connectivity index (χ2v) is 7.19. The number of nitrogens with two attached hydrogens (primary N) is 1. The molecule has 0 saturated heterocycles. The number of nitrogens with zero attached hydrogens (tertiary/aromatic N) is 3. The summed E-state index contributed by atoms with van der Waals surface area (Å²) in [4.78, 5) is 4.18. The van der Waals surface area contributed by atoms with Gasteiger partial charge in [-0.2, -0.15) is 4.68 Å². The lowest BCUT2D eigenvalue weighted by molar-refractivity contribution is 0.602. The Morgan fingerprint density at radius 1 is 1.38 bits per heavy atom. The smallest absolute Gasteiger partial charge is 0.182 e. The van der Waals surface area contributed by atoms with Crippen LogP contribution in [0.1, 0.15) is 19.4 Å². The zero-order valence-corrected chi connectivity index (χ0v) is 13.3. The number of rotatable bonds is 4. The molecule has 114 valence electrons. The minimum Gasteiger partial charge on any atom is -0.382 e. The molecular weight excluding hydrogens is 290 g/mol. The normalized spacial score (nSPS) is 11.9. The zero-order valence-electron chi connectivity index (χ0n) is 12.5. The molecule has 0 aliphatic carbocycles. The molecule has 0 aromatic carbocycles. The van der Waals surface area contributed by atoms with Crippen molar-refractivity contribution < 1.29 is 8.42 Å². The maximum Gasteiger partial charge on any atom is 0.182 e. The summed E-state index contributed by atoms with van der Waals surface area (Å²) in [6, 6.07) is 3.65. The van der Waals surface area contributed by atoms with E-state index in [1.54, 1.807) is 12.3 Å². The lowest BCUT2D eigenvalue weighted by Crippen LogP contribution is -2.13. The number of nitrogen functional groups attached to an aromatic ring is 1. The Kier molecular flexibility index (Phi) is 3.91. The Morgan fingerprint density at radius 3 is 2.57 bits per heavy atom. The number of hydrogen-bond acceptors (Lipinski definition) is 6. The van der Waals surface area contributed by atoms with Gasteiger partial charge in [0.25, 0.3) is 0 Å². The molecule has 7 nitrogen and oxygen atoms in total. The first-order valence-corrected chi connectivity index (χ1v) is 8.37. The molecule has 0 spiro atoms. The topological polar surface area (TPSA) is 103 Å². The van der Waals surface area contributed by atoms with E-state index in [0.717, 1.165) is 11.8 Å². The van der Waals surface area contributed by atoms with Gasteiger partial charge in [0, 0.05) is 18.5 Å². The van der Waals surface area contributed by atoms with Gasteiger partial charge in [-0.1, -0.05) is 0 Å². The van der Waals surface area contributed by atoms with Gasteiger partial charge in [-0.25, -0.2) is 13.4 Å². The van der Waals surface area contributed by atoms with E-state index >= 15 is 0 Å². The van der Waals surface area contributed by atoms with Gasteiger partial charge in [0.05, 0.1) is 0 Å². The van der Waals surface area contributed by atoms with Crippen molar-refractivity contribution in [2.75, 3.05) is 17.3 Å². The molecule has 0 aliphatic heterocycles. The highest BCUT2D eigenvalue weighted by Gasteiger charge is 2.25. The highest BCUT2D eigenvalue weighted by molar-refractivity contribution is 7.91. The van der Waals surface area contributed by atoms with Crippen molar-refractivity contribution in [3.8, 4) is 5.82 Å². The van der Waals surface area contributed by atoms with Crippen LogP contribution in [0.4, 0.5) is 11.6 Å². The van der Waals surface area contributed by atoms with E-state index in [-0.39, 0.29) is 22.6 Å². The summed E-state index contributed by atoms with van der Waals surface area (Å²) in [5.41, 5.74) is 6.97. The molecule has 21 heavy (non-hydrogen) atoms. The van der Waals surface area contributed by atoms with Crippen LogP contribution >= 0.6 is 0 Å². The van der Waals surface area contributed by atoms with Crippen LogP contribution in [0, 0.1) is 6.92 Å². The lowest BCUT2D eigenvalue weighted by Gasteiger charge is -2.07. The van der Waals surface area contributed by atoms with Crippen LogP contribution in [-0.4, -0.2) is 35.5 Å². The number of aromatic nitrogens is 3. The molecule has 0 fully saturated rings. The zero-order chi connectivity index (χ0) is 15.8. The summed E-state index contributed by atoms with van der Waals surface area (Å²) >= 11 is 0. The largest absolute Gasteiger partial charge is 0.382 e. The number of nitrogens with one attached hydrogen (secondary N) is 1. The molecular formula is C13H19N5O2S. The average Bonchev–Trinajstić information content (AvgIpc) is 2.64. The van der Waals surface area contributed by atoms with Gasteiger partial charge in [-0.3, -0.25) is 0 Å². The molecule has 0 bridgehead atoms. The van der Waals surface area contributed by atoms with Gasteiger partial charge in [-0.05, 0) is 38.5 Å². The number of sulfone groups is 1. The van der Waals surface area contributed by atoms with E-state index < -0.39 is 9.84 Å². The first-order valence-electron chi connectivity index (χ1n) is 6.48. The highest BCUT2D eigenvalue weighted by atomic mass is 32.2. The monoisotopic (exact) mass is 309 g/mol. The molecule has 3 N–H and O–H groups in total. The molecule has 8 heteroatoms. The SMILES string of the molecule is Cc1ccnc(-n2nc(NC(C)C)c(S(C)(=O)=O)c2N)c1. The van der Waals surface area contributed by atoms with E-state index in [0.29, 0.717) is 5.82 Å². The van der Waals surface area contributed by atoms with E-state index in [4.69, 9.17) is 5.73 Å². The van der Waals surface area contributed by atoms with Crippen LogP contribution in [0.5, 0.6) is 0 Å². The van der Waals surface area contributed by atoms with E-state index in [1.807, 2.05) is 26.8 Å². The lowest BCUT2D eigenvalue weighted by atomic mass is 10.3. The predicted molar refractivity (Wildman–Crippen MR) is 82.4 cm³/mol. The minimum absolute atomic E-state index is 0.000457. The predicted octanol–water partition coefficient (Wildman–Crippen LogP) is 1.38. The summed E-state index contributed by atoms with van der Waals surface area (Å²) < 4.78 is 25.3. The highest BCUT2D eigenvalue weighted by Crippen LogP contribution is 2.29. The van der Waals surface area contributed by atoms with Crippen LogP contribution in [0.15, 0.2) is 23.2 Å². The third-order valence-electron chi connectivity index (χ3n) is 2.79. The van der Waals surface area contributed by atoms with Gasteiger partial charge in [0.1, 0.15) is 5.82 Å². The molecule has 2 aromatic rings. The minimum atomic E-state index is -3.51. The van der Waals surface area contributed by atoms with Crippen molar-refractivity contribution in [3.63, 3.8) is 0 Å². The number of aryl methyl sites for hydroxylation is 1. The van der Waals surface area contributed by atoms with Crippen molar-refractivity contribution in [1.29, 1.82) is 0 Å². The summed E-state index contributed by atoms with van der Waals surface area (Å²) in [5.74, 6) is 0.779.